The third kappa shape index (κ3) is 7.92. The second kappa shape index (κ2) is 15.4. The number of esters is 1. The monoisotopic (exact) mass is 740 g/mol. The lowest BCUT2D eigenvalue weighted by atomic mass is 9.98. The highest BCUT2D eigenvalue weighted by Gasteiger charge is 2.50. The Kier molecular flexibility index (Phi) is 10.9. The van der Waals surface area contributed by atoms with Gasteiger partial charge in [-0.1, -0.05) is 12.1 Å². The molecule has 2 fully saturated rings. The van der Waals surface area contributed by atoms with Crippen LogP contribution in [0.1, 0.15) is 12.5 Å². The van der Waals surface area contributed by atoms with Gasteiger partial charge in [-0.2, -0.15) is 0 Å². The summed E-state index contributed by atoms with van der Waals surface area (Å²) < 4.78 is 34.3. The lowest BCUT2D eigenvalue weighted by molar-refractivity contribution is -0.319. The summed E-state index contributed by atoms with van der Waals surface area (Å²) in [6.45, 7) is 0.764. The van der Waals surface area contributed by atoms with E-state index in [9.17, 15) is 55.5 Å². The molecule has 3 aromatic carbocycles. The van der Waals surface area contributed by atoms with Gasteiger partial charge in [0.1, 0.15) is 70.6 Å². The van der Waals surface area contributed by atoms with Crippen molar-refractivity contribution in [2.24, 2.45) is 0 Å². The highest BCUT2D eigenvalue weighted by atomic mass is 16.7. The van der Waals surface area contributed by atoms with Crippen LogP contribution in [0.3, 0.4) is 0 Å². The number of hydrogen-bond acceptors (Lipinski definition) is 17. The van der Waals surface area contributed by atoms with Crippen LogP contribution in [0.5, 0.6) is 28.7 Å². The number of phenols is 4. The Labute approximate surface area is 299 Å². The first-order valence-electron chi connectivity index (χ1n) is 16.2. The summed E-state index contributed by atoms with van der Waals surface area (Å²) >= 11 is 0. The molecule has 0 bridgehead atoms. The van der Waals surface area contributed by atoms with Gasteiger partial charge in [0, 0.05) is 23.8 Å². The average Bonchev–Trinajstić information content (AvgIpc) is 3.12. The Hall–Kier alpha value is -5.24. The third-order valence-corrected chi connectivity index (χ3v) is 8.71. The third-order valence-electron chi connectivity index (χ3n) is 8.71. The molecule has 4 aromatic rings. The molecular formula is C36H36O17. The van der Waals surface area contributed by atoms with Crippen LogP contribution in [0.2, 0.25) is 0 Å². The summed E-state index contributed by atoms with van der Waals surface area (Å²) in [5.41, 5.74) is -0.569. The van der Waals surface area contributed by atoms with Crippen LogP contribution in [-0.2, 0) is 23.7 Å². The van der Waals surface area contributed by atoms with Gasteiger partial charge in [-0.05, 0) is 55.0 Å². The Balaban J connectivity index is 1.33. The number of aliphatic hydroxyl groups excluding tert-OH is 5. The van der Waals surface area contributed by atoms with Gasteiger partial charge in [0.15, 0.2) is 18.2 Å². The largest absolute Gasteiger partial charge is 0.508 e. The smallest absolute Gasteiger partial charge is 0.331 e. The number of carbonyl (C=O) groups excluding carboxylic acids is 1. The van der Waals surface area contributed by atoms with E-state index in [-0.39, 0.29) is 28.4 Å². The van der Waals surface area contributed by atoms with E-state index < -0.39 is 102 Å². The van der Waals surface area contributed by atoms with Crippen molar-refractivity contribution in [3.8, 4) is 40.1 Å². The van der Waals surface area contributed by atoms with Gasteiger partial charge in [0.25, 0.3) is 0 Å². The van der Waals surface area contributed by atoms with Crippen LogP contribution < -0.4 is 10.2 Å². The molecule has 17 heteroatoms. The summed E-state index contributed by atoms with van der Waals surface area (Å²) in [5.74, 6) is -3.17. The van der Waals surface area contributed by atoms with Gasteiger partial charge in [0.05, 0.1) is 12.7 Å². The van der Waals surface area contributed by atoms with Gasteiger partial charge in [-0.25, -0.2) is 4.79 Å². The summed E-state index contributed by atoms with van der Waals surface area (Å²) in [7, 11) is 0. The SMILES string of the molecule is C[C@@H]1O[C@H](OC[C@H]2O[C@@H](Oc3c(-c4ccc(O)cc4)oc4cc(O)cc(O)c4c3=O)[C@H](O)[C@@H](O)[C@H]2OC(=O)C=Cc2ccc(O)cc2)[C@H](O)[C@H](O)[C@H]1O. The van der Waals surface area contributed by atoms with Crippen molar-refractivity contribution >= 4 is 23.0 Å². The minimum atomic E-state index is -2.03. The summed E-state index contributed by atoms with van der Waals surface area (Å²) in [6, 6.07) is 13.0. The normalized spacial score (nSPS) is 28.9. The van der Waals surface area contributed by atoms with Gasteiger partial charge >= 0.3 is 5.97 Å². The molecule has 0 amide bonds. The fraction of sp³-hybridized carbons (Fsp3) is 0.333. The van der Waals surface area contributed by atoms with Gasteiger partial charge in [-0.15, -0.1) is 0 Å². The van der Waals surface area contributed by atoms with Crippen LogP contribution in [-0.4, -0.2) is 120 Å². The number of hydrogen-bond donors (Lipinski definition) is 9. The fourth-order valence-electron chi connectivity index (χ4n) is 5.84. The minimum absolute atomic E-state index is 0.00274. The molecule has 2 aliphatic heterocycles. The van der Waals surface area contributed by atoms with Gasteiger partial charge in [-0.3, -0.25) is 4.79 Å². The first kappa shape index (κ1) is 37.5. The molecule has 0 aliphatic carbocycles. The van der Waals surface area contributed by atoms with E-state index in [0.29, 0.717) is 5.56 Å². The maximum Gasteiger partial charge on any atom is 0.331 e. The molecule has 282 valence electrons. The van der Waals surface area contributed by atoms with Crippen molar-refractivity contribution in [1.29, 1.82) is 0 Å². The highest BCUT2D eigenvalue weighted by molar-refractivity contribution is 5.88. The van der Waals surface area contributed by atoms with Crippen molar-refractivity contribution < 1.29 is 78.9 Å². The van der Waals surface area contributed by atoms with Gasteiger partial charge < -0.3 is 74.1 Å². The van der Waals surface area contributed by atoms with Crippen molar-refractivity contribution in [2.75, 3.05) is 6.61 Å². The van der Waals surface area contributed by atoms with E-state index in [0.717, 1.165) is 18.2 Å². The number of aliphatic hydroxyl groups is 5. The van der Waals surface area contributed by atoms with E-state index in [1.807, 2.05) is 0 Å². The molecule has 9 N–H and O–H groups in total. The molecule has 1 aromatic heterocycles. The van der Waals surface area contributed by atoms with Crippen molar-refractivity contribution in [3.63, 3.8) is 0 Å². The molecular weight excluding hydrogens is 704 g/mol. The van der Waals surface area contributed by atoms with E-state index in [2.05, 4.69) is 0 Å². The molecule has 0 unspecified atom stereocenters. The summed E-state index contributed by atoms with van der Waals surface area (Å²) in [4.78, 5) is 26.8. The average molecular weight is 741 g/mol. The standard InChI is InChI=1S/C36H36O17/c1-15-26(42)28(44)30(46)35(49-15)48-14-23-33(52-24(41)11-4-16-2-7-18(37)8-3-16)29(45)31(47)36(51-23)53-34-27(43)25-21(40)12-20(39)13-22(25)50-32(34)17-5-9-19(38)10-6-17/h2-13,15,23,26,28-31,33,35-40,42,44-47H,14H2,1H3/t15-,23+,26-,28+,29+,30+,31+,33-,35-,36-/m0/s1. The molecule has 10 atom stereocenters. The number of benzene rings is 3. The maximum absolute atomic E-state index is 13.9. The number of phenolic OH excluding ortho intramolecular Hbond substituents is 4. The van der Waals surface area contributed by atoms with Crippen LogP contribution >= 0.6 is 0 Å². The Morgan fingerprint density at radius 2 is 1.42 bits per heavy atom. The van der Waals surface area contributed by atoms with E-state index in [1.165, 1.54) is 61.5 Å². The predicted octanol–water partition coefficient (Wildman–Crippen LogP) is 0.577. The zero-order chi connectivity index (χ0) is 38.1. The second-order valence-electron chi connectivity index (χ2n) is 12.5. The molecule has 2 aliphatic rings. The summed E-state index contributed by atoms with van der Waals surface area (Å²) in [6.07, 6.45) is -14.2. The Morgan fingerprint density at radius 1 is 0.774 bits per heavy atom. The lowest BCUT2D eigenvalue weighted by Gasteiger charge is -2.43. The molecule has 17 nitrogen and oxygen atoms in total. The predicted molar refractivity (Wildman–Crippen MR) is 180 cm³/mol. The first-order chi connectivity index (χ1) is 25.2. The van der Waals surface area contributed by atoms with Crippen molar-refractivity contribution in [3.05, 3.63) is 82.5 Å². The molecule has 2 saturated heterocycles. The van der Waals surface area contributed by atoms with Crippen LogP contribution in [0.15, 0.2) is 76.0 Å². The summed E-state index contributed by atoms with van der Waals surface area (Å²) in [5, 5.41) is 92.9. The van der Waals surface area contributed by atoms with Crippen LogP contribution in [0, 0.1) is 0 Å². The molecule has 53 heavy (non-hydrogen) atoms. The molecule has 0 radical (unpaired) electrons. The maximum atomic E-state index is 13.9. The molecule has 0 spiro atoms. The minimum Gasteiger partial charge on any atom is -0.508 e. The van der Waals surface area contributed by atoms with Gasteiger partial charge in [0.2, 0.25) is 17.5 Å². The van der Waals surface area contributed by atoms with Crippen molar-refractivity contribution in [2.45, 2.75) is 68.3 Å². The second-order valence-corrected chi connectivity index (χ2v) is 12.5. The van der Waals surface area contributed by atoms with E-state index in [1.54, 1.807) is 0 Å². The number of fused-ring (bicyclic) bond motifs is 1. The lowest BCUT2D eigenvalue weighted by Crippen LogP contribution is -2.62. The first-order valence-corrected chi connectivity index (χ1v) is 16.2. The quantitative estimate of drug-likeness (QED) is 0.0838. The molecule has 3 heterocycles. The number of rotatable bonds is 9. The number of ether oxygens (including phenoxy) is 5. The number of aromatic hydroxyl groups is 4. The van der Waals surface area contributed by atoms with E-state index in [4.69, 9.17) is 28.1 Å². The number of carbonyl (C=O) groups is 1. The highest BCUT2D eigenvalue weighted by Crippen LogP contribution is 2.38. The Bertz CT molecular complexity index is 2010. The zero-order valence-corrected chi connectivity index (χ0v) is 27.7. The fourth-order valence-corrected chi connectivity index (χ4v) is 5.84. The van der Waals surface area contributed by atoms with Crippen LogP contribution in [0.4, 0.5) is 0 Å². The Morgan fingerprint density at radius 3 is 2.09 bits per heavy atom. The zero-order valence-electron chi connectivity index (χ0n) is 27.7. The van der Waals surface area contributed by atoms with E-state index >= 15 is 0 Å². The molecule has 6 rings (SSSR count). The topological polar surface area (TPSA) is 275 Å². The van der Waals surface area contributed by atoms with Crippen molar-refractivity contribution in [1.82, 2.24) is 0 Å². The molecule has 0 saturated carbocycles. The van der Waals surface area contributed by atoms with Crippen LogP contribution in [0.25, 0.3) is 28.4 Å².